The molecule has 0 bridgehead atoms. The molecule has 0 N–H and O–H groups in total. The Morgan fingerprint density at radius 3 is 2.60 bits per heavy atom. The average Bonchev–Trinajstić information content (AvgIpc) is 2.84. The standard InChI is InChI=1S/C21H25BrF2O/c1-20-7-4-3-5-14(20)12(10-23)13(11-24)18-15(20)6-8-21(2)16(18)9-17(22)19(21)25/h5,10-11,15-18H,3-4,6-9H2,1-2H3/t15-,16+,17?,18-,20+,21+/m1/s1. The van der Waals surface area contributed by atoms with Crippen molar-refractivity contribution in [3.8, 4) is 0 Å². The zero-order valence-electron chi connectivity index (χ0n) is 14.8. The second-order valence-corrected chi connectivity index (χ2v) is 9.88. The summed E-state index contributed by atoms with van der Waals surface area (Å²) in [5, 5.41) is 0. The van der Waals surface area contributed by atoms with Crippen LogP contribution in [0.5, 0.6) is 0 Å². The first-order valence-electron chi connectivity index (χ1n) is 9.39. The van der Waals surface area contributed by atoms with Crippen molar-refractivity contribution in [1.29, 1.82) is 0 Å². The van der Waals surface area contributed by atoms with Gasteiger partial charge in [-0.3, -0.25) is 4.79 Å². The first kappa shape index (κ1) is 17.6. The summed E-state index contributed by atoms with van der Waals surface area (Å²) in [6.45, 7) is 4.28. The number of carbonyl (C=O) groups excluding carboxylic acids is 1. The molecule has 3 saturated carbocycles. The lowest BCUT2D eigenvalue weighted by Crippen LogP contribution is -2.51. The minimum atomic E-state index is -0.419. The van der Waals surface area contributed by atoms with Gasteiger partial charge in [-0.1, -0.05) is 35.9 Å². The van der Waals surface area contributed by atoms with Crippen molar-refractivity contribution in [1.82, 2.24) is 0 Å². The highest BCUT2D eigenvalue weighted by molar-refractivity contribution is 9.10. The number of alkyl halides is 1. The summed E-state index contributed by atoms with van der Waals surface area (Å²) in [4.78, 5) is 12.6. The van der Waals surface area contributed by atoms with E-state index in [1.54, 1.807) is 0 Å². The van der Waals surface area contributed by atoms with Crippen molar-refractivity contribution in [2.45, 2.75) is 57.2 Å². The Bertz CT molecular complexity index is 709. The summed E-state index contributed by atoms with van der Waals surface area (Å²) in [7, 11) is 0. The Morgan fingerprint density at radius 1 is 1.16 bits per heavy atom. The third kappa shape index (κ3) is 2.18. The number of hydrogen-bond donors (Lipinski definition) is 0. The lowest BCUT2D eigenvalue weighted by atomic mass is 9.45. The Balaban J connectivity index is 1.88. The normalized spacial score (nSPS) is 49.6. The molecule has 136 valence electrons. The van der Waals surface area contributed by atoms with Gasteiger partial charge in [-0.15, -0.1) is 0 Å². The zero-order valence-corrected chi connectivity index (χ0v) is 16.4. The number of Topliss-reactive ketones (excluding diaryl/α,β-unsaturated/α-hetero) is 1. The highest BCUT2D eigenvalue weighted by Crippen LogP contribution is 2.67. The van der Waals surface area contributed by atoms with Crippen LogP contribution in [0.15, 0.2) is 35.5 Å². The minimum absolute atomic E-state index is 0.0718. The van der Waals surface area contributed by atoms with Crippen molar-refractivity contribution in [3.05, 3.63) is 35.5 Å². The van der Waals surface area contributed by atoms with Gasteiger partial charge in [0.2, 0.25) is 0 Å². The number of rotatable bonds is 0. The van der Waals surface area contributed by atoms with Crippen LogP contribution in [0.1, 0.15) is 52.4 Å². The monoisotopic (exact) mass is 410 g/mol. The molecule has 1 unspecified atom stereocenters. The molecule has 0 heterocycles. The van der Waals surface area contributed by atoms with Crippen LogP contribution in [-0.4, -0.2) is 10.6 Å². The molecule has 4 rings (SSSR count). The molecule has 25 heavy (non-hydrogen) atoms. The van der Waals surface area contributed by atoms with Gasteiger partial charge in [-0.25, -0.2) is 8.78 Å². The molecule has 1 nitrogen and oxygen atoms in total. The van der Waals surface area contributed by atoms with E-state index >= 15 is 0 Å². The molecule has 0 aromatic heterocycles. The first-order chi connectivity index (χ1) is 11.9. The van der Waals surface area contributed by atoms with Crippen LogP contribution in [0.4, 0.5) is 8.78 Å². The molecule has 4 aliphatic rings. The topological polar surface area (TPSA) is 17.1 Å². The highest BCUT2D eigenvalue weighted by Gasteiger charge is 2.62. The second-order valence-electron chi connectivity index (χ2n) is 8.78. The molecule has 4 heteroatoms. The Labute approximate surface area is 156 Å². The van der Waals surface area contributed by atoms with Gasteiger partial charge in [0.25, 0.3) is 0 Å². The molecule has 0 saturated heterocycles. The van der Waals surface area contributed by atoms with Gasteiger partial charge in [0.15, 0.2) is 5.78 Å². The predicted octanol–water partition coefficient (Wildman–Crippen LogP) is 6.21. The van der Waals surface area contributed by atoms with E-state index < -0.39 is 5.41 Å². The number of ketones is 1. The molecular weight excluding hydrogens is 386 g/mol. The summed E-state index contributed by atoms with van der Waals surface area (Å²) in [6, 6.07) is 0. The summed E-state index contributed by atoms with van der Waals surface area (Å²) < 4.78 is 28.0. The molecule has 4 aliphatic carbocycles. The number of allylic oxidation sites excluding steroid dienone is 4. The molecule has 3 fully saturated rings. The van der Waals surface area contributed by atoms with E-state index in [0.29, 0.717) is 23.8 Å². The SMILES string of the molecule is C[C@]12CCCC=C1C(=CF)C(=CF)[C@@H]1[C@H]2CC[C@]2(C)C(=O)C(Br)C[C@@H]12. The third-order valence-electron chi connectivity index (χ3n) is 7.84. The average molecular weight is 411 g/mol. The van der Waals surface area contributed by atoms with Crippen LogP contribution in [0, 0.1) is 28.6 Å². The molecule has 0 amide bonds. The predicted molar refractivity (Wildman–Crippen MR) is 98.6 cm³/mol. The van der Waals surface area contributed by atoms with Crippen LogP contribution in [-0.2, 0) is 4.79 Å². The van der Waals surface area contributed by atoms with Gasteiger partial charge in [0.05, 0.1) is 17.5 Å². The third-order valence-corrected chi connectivity index (χ3v) is 8.63. The van der Waals surface area contributed by atoms with Crippen molar-refractivity contribution in [2.75, 3.05) is 0 Å². The van der Waals surface area contributed by atoms with Crippen LogP contribution in [0.3, 0.4) is 0 Å². The lowest BCUT2D eigenvalue weighted by Gasteiger charge is -2.58. The molecule has 0 radical (unpaired) electrons. The van der Waals surface area contributed by atoms with Crippen molar-refractivity contribution in [2.24, 2.45) is 28.6 Å². The molecule has 0 aliphatic heterocycles. The number of fused-ring (bicyclic) bond motifs is 5. The summed E-state index contributed by atoms with van der Waals surface area (Å²) >= 11 is 3.54. The van der Waals surface area contributed by atoms with Crippen molar-refractivity contribution >= 4 is 21.7 Å². The van der Waals surface area contributed by atoms with Crippen LogP contribution in [0.2, 0.25) is 0 Å². The summed E-state index contributed by atoms with van der Waals surface area (Å²) in [5.41, 5.74) is 1.40. The molecule has 6 atom stereocenters. The fraction of sp³-hybridized carbons (Fsp3) is 0.667. The summed E-state index contributed by atoms with van der Waals surface area (Å²) in [6.07, 6.45) is 8.89. The fourth-order valence-corrected chi connectivity index (χ4v) is 7.45. The number of carbonyl (C=O) groups is 1. The number of halogens is 3. The van der Waals surface area contributed by atoms with E-state index in [0.717, 1.165) is 44.1 Å². The van der Waals surface area contributed by atoms with Crippen LogP contribution in [0.25, 0.3) is 0 Å². The minimum Gasteiger partial charge on any atom is -0.298 e. The zero-order chi connectivity index (χ0) is 18.0. The van der Waals surface area contributed by atoms with Gasteiger partial charge in [0.1, 0.15) is 0 Å². The van der Waals surface area contributed by atoms with Gasteiger partial charge in [0, 0.05) is 11.0 Å². The highest BCUT2D eigenvalue weighted by atomic mass is 79.9. The molecular formula is C21H25BrF2O. The quantitative estimate of drug-likeness (QED) is 0.433. The largest absolute Gasteiger partial charge is 0.298 e. The van der Waals surface area contributed by atoms with Crippen LogP contribution < -0.4 is 0 Å². The van der Waals surface area contributed by atoms with Gasteiger partial charge < -0.3 is 0 Å². The molecule has 0 spiro atoms. The second kappa shape index (κ2) is 5.87. The van der Waals surface area contributed by atoms with Gasteiger partial charge >= 0.3 is 0 Å². The van der Waals surface area contributed by atoms with E-state index in [-0.39, 0.29) is 33.8 Å². The van der Waals surface area contributed by atoms with E-state index in [1.807, 2.05) is 6.92 Å². The van der Waals surface area contributed by atoms with E-state index in [4.69, 9.17) is 0 Å². The summed E-state index contributed by atoms with van der Waals surface area (Å²) in [5.74, 6) is 0.543. The van der Waals surface area contributed by atoms with Gasteiger partial charge in [-0.05, 0) is 72.8 Å². The maximum atomic E-state index is 14.1. The first-order valence-corrected chi connectivity index (χ1v) is 10.3. The van der Waals surface area contributed by atoms with Crippen molar-refractivity contribution in [3.63, 3.8) is 0 Å². The Morgan fingerprint density at radius 2 is 1.92 bits per heavy atom. The maximum absolute atomic E-state index is 14.1. The van der Waals surface area contributed by atoms with Crippen molar-refractivity contribution < 1.29 is 13.6 Å². The molecule has 0 aromatic rings. The van der Waals surface area contributed by atoms with E-state index in [9.17, 15) is 13.6 Å². The number of hydrogen-bond acceptors (Lipinski definition) is 1. The van der Waals surface area contributed by atoms with E-state index in [1.165, 1.54) is 0 Å². The smallest absolute Gasteiger partial charge is 0.152 e. The van der Waals surface area contributed by atoms with Gasteiger partial charge in [-0.2, -0.15) is 0 Å². The lowest BCUT2D eigenvalue weighted by molar-refractivity contribution is -0.130. The Kier molecular flexibility index (Phi) is 4.14. The maximum Gasteiger partial charge on any atom is 0.152 e. The van der Waals surface area contributed by atoms with E-state index in [2.05, 4.69) is 28.9 Å². The molecule has 0 aromatic carbocycles. The van der Waals surface area contributed by atoms with Crippen LogP contribution >= 0.6 is 15.9 Å². The Hall–Kier alpha value is -0.770. The fourth-order valence-electron chi connectivity index (χ4n) is 6.52.